The van der Waals surface area contributed by atoms with Gasteiger partial charge < -0.3 is 15.2 Å². The Labute approximate surface area is 198 Å². The highest BCUT2D eigenvalue weighted by molar-refractivity contribution is 7.93. The number of alkyl halides is 3. The molecule has 1 aliphatic carbocycles. The zero-order valence-corrected chi connectivity index (χ0v) is 19.3. The number of fused-ring (bicyclic) bond motifs is 1. The summed E-state index contributed by atoms with van der Waals surface area (Å²) in [5.41, 5.74) is -0.0638. The van der Waals surface area contributed by atoms with Gasteiger partial charge in [-0.25, -0.2) is 8.42 Å². The third-order valence-corrected chi connectivity index (χ3v) is 7.47. The third-order valence-electron chi connectivity index (χ3n) is 5.29. The molecule has 0 amide bonds. The van der Waals surface area contributed by atoms with Gasteiger partial charge in [0.1, 0.15) is 18.1 Å². The number of aromatic amines is 1. The van der Waals surface area contributed by atoms with Gasteiger partial charge in [0.05, 0.1) is 27.6 Å². The van der Waals surface area contributed by atoms with Gasteiger partial charge in [0.25, 0.3) is 0 Å². The molecule has 1 fully saturated rings. The second kappa shape index (κ2) is 9.61. The van der Waals surface area contributed by atoms with Crippen LogP contribution in [0.2, 0.25) is 5.02 Å². The van der Waals surface area contributed by atoms with Crippen LogP contribution in [0, 0.1) is 0 Å². The maximum Gasteiger partial charge on any atom is 0.433 e. The first-order valence-electron chi connectivity index (χ1n) is 10.4. The van der Waals surface area contributed by atoms with Crippen molar-refractivity contribution < 1.29 is 31.4 Å². The van der Waals surface area contributed by atoms with E-state index in [1.54, 1.807) is 6.07 Å². The number of aromatic nitrogens is 2. The fraction of sp³-hybridized carbons (Fsp3) is 0.381. The monoisotopic (exact) mass is 518 g/mol. The van der Waals surface area contributed by atoms with Crippen LogP contribution in [0.1, 0.15) is 30.2 Å². The third kappa shape index (κ3) is 5.74. The molecular weight excluding hydrogens is 497 g/mol. The molecule has 2 aromatic carbocycles. The minimum atomic E-state index is -4.52. The number of ether oxygens (including phenoxy) is 1. The SMILES string of the molecule is O=S(=O)(Nc1cc(C(O)CNCCOc2ccc3c(C(F)(F)F)[nH]nc3c2)ccc1Cl)C1CC1. The number of rotatable bonds is 10. The first-order valence-corrected chi connectivity index (χ1v) is 12.3. The highest BCUT2D eigenvalue weighted by atomic mass is 35.5. The van der Waals surface area contributed by atoms with E-state index in [0.29, 0.717) is 30.7 Å². The van der Waals surface area contributed by atoms with Crippen molar-refractivity contribution in [3.05, 3.63) is 52.7 Å². The maximum atomic E-state index is 12.9. The molecule has 0 bridgehead atoms. The van der Waals surface area contributed by atoms with Crippen molar-refractivity contribution in [1.82, 2.24) is 15.5 Å². The van der Waals surface area contributed by atoms with Crippen LogP contribution in [0.3, 0.4) is 0 Å². The highest BCUT2D eigenvalue weighted by Gasteiger charge is 2.36. The fourth-order valence-corrected chi connectivity index (χ4v) is 4.96. The smallest absolute Gasteiger partial charge is 0.433 e. The summed E-state index contributed by atoms with van der Waals surface area (Å²) in [6, 6.07) is 8.76. The molecule has 1 unspecified atom stereocenters. The second-order valence-electron chi connectivity index (χ2n) is 7.93. The molecule has 8 nitrogen and oxygen atoms in total. The van der Waals surface area contributed by atoms with Crippen molar-refractivity contribution in [1.29, 1.82) is 0 Å². The minimum Gasteiger partial charge on any atom is -0.492 e. The van der Waals surface area contributed by atoms with Crippen LogP contribution in [0.25, 0.3) is 10.9 Å². The standard InChI is InChI=1S/C21H22ClF3N4O4S/c22-16-6-1-12(9-18(16)29-34(31,32)14-3-4-14)19(30)11-26-7-8-33-13-2-5-15-17(10-13)27-28-20(15)21(23,24)25/h1-2,5-6,9-10,14,19,26,29-30H,3-4,7-8,11H2,(H,27,28). The van der Waals surface area contributed by atoms with E-state index in [2.05, 4.69) is 15.1 Å². The summed E-state index contributed by atoms with van der Waals surface area (Å²) in [6.07, 6.45) is -4.21. The number of aliphatic hydroxyl groups excluding tert-OH is 1. The molecule has 1 aliphatic rings. The molecule has 0 saturated heterocycles. The number of H-pyrrole nitrogens is 1. The van der Waals surface area contributed by atoms with Crippen LogP contribution >= 0.6 is 11.6 Å². The Kier molecular flexibility index (Phi) is 6.94. The summed E-state index contributed by atoms with van der Waals surface area (Å²) in [6.45, 7) is 0.702. The number of anilines is 1. The van der Waals surface area contributed by atoms with Crippen LogP contribution in [-0.2, 0) is 16.2 Å². The summed E-state index contributed by atoms with van der Waals surface area (Å²) in [4.78, 5) is 0. The van der Waals surface area contributed by atoms with E-state index in [0.717, 1.165) is 0 Å². The van der Waals surface area contributed by atoms with E-state index >= 15 is 0 Å². The summed E-state index contributed by atoms with van der Waals surface area (Å²) < 4.78 is 71.1. The Hall–Kier alpha value is -2.54. The molecule has 3 aromatic rings. The van der Waals surface area contributed by atoms with E-state index in [1.165, 1.54) is 30.3 Å². The largest absolute Gasteiger partial charge is 0.492 e. The Balaban J connectivity index is 1.27. The van der Waals surface area contributed by atoms with Gasteiger partial charge in [-0.05, 0) is 42.7 Å². The lowest BCUT2D eigenvalue weighted by Crippen LogP contribution is -2.26. The molecule has 4 rings (SSSR count). The average molecular weight is 519 g/mol. The van der Waals surface area contributed by atoms with Crippen molar-refractivity contribution in [2.24, 2.45) is 0 Å². The van der Waals surface area contributed by atoms with E-state index < -0.39 is 33.2 Å². The van der Waals surface area contributed by atoms with E-state index in [9.17, 15) is 26.7 Å². The quantitative estimate of drug-likeness (QED) is 0.303. The van der Waals surface area contributed by atoms with Crippen molar-refractivity contribution in [3.63, 3.8) is 0 Å². The molecule has 1 aromatic heterocycles. The lowest BCUT2D eigenvalue weighted by molar-refractivity contribution is -0.139. The summed E-state index contributed by atoms with van der Waals surface area (Å²) in [7, 11) is -3.49. The fourth-order valence-electron chi connectivity index (χ4n) is 3.34. The van der Waals surface area contributed by atoms with Crippen LogP contribution in [-0.4, -0.2) is 48.7 Å². The lowest BCUT2D eigenvalue weighted by Gasteiger charge is -2.15. The number of sulfonamides is 1. The molecule has 1 saturated carbocycles. The van der Waals surface area contributed by atoms with Gasteiger partial charge in [0.15, 0.2) is 0 Å². The van der Waals surface area contributed by atoms with E-state index in [4.69, 9.17) is 16.3 Å². The predicted octanol–water partition coefficient (Wildman–Crippen LogP) is 3.84. The first kappa shape index (κ1) is 24.6. The summed E-state index contributed by atoms with van der Waals surface area (Å²) >= 11 is 6.09. The van der Waals surface area contributed by atoms with Crippen molar-refractivity contribution in [2.45, 2.75) is 30.4 Å². The van der Waals surface area contributed by atoms with Gasteiger partial charge in [-0.3, -0.25) is 9.82 Å². The molecule has 1 atom stereocenters. The highest BCUT2D eigenvalue weighted by Crippen LogP contribution is 2.34. The average Bonchev–Trinajstić information content (AvgIpc) is 3.54. The van der Waals surface area contributed by atoms with Crippen LogP contribution in [0.4, 0.5) is 18.9 Å². The Bertz CT molecular complexity index is 1280. The normalized spacial score (nSPS) is 15.4. The van der Waals surface area contributed by atoms with Crippen molar-refractivity contribution in [3.8, 4) is 5.75 Å². The molecule has 4 N–H and O–H groups in total. The van der Waals surface area contributed by atoms with E-state index in [-0.39, 0.29) is 34.8 Å². The maximum absolute atomic E-state index is 12.9. The Morgan fingerprint density at radius 1 is 1.24 bits per heavy atom. The van der Waals surface area contributed by atoms with Gasteiger partial charge in [0, 0.05) is 24.5 Å². The summed E-state index contributed by atoms with van der Waals surface area (Å²) in [5, 5.41) is 18.9. The molecule has 184 valence electrons. The zero-order valence-electron chi connectivity index (χ0n) is 17.7. The van der Waals surface area contributed by atoms with Crippen LogP contribution < -0.4 is 14.8 Å². The van der Waals surface area contributed by atoms with Crippen molar-refractivity contribution in [2.75, 3.05) is 24.4 Å². The minimum absolute atomic E-state index is 0.0390. The number of hydrogen-bond donors (Lipinski definition) is 4. The van der Waals surface area contributed by atoms with Crippen molar-refractivity contribution >= 4 is 38.2 Å². The Morgan fingerprint density at radius 2 is 2.00 bits per heavy atom. The molecule has 0 radical (unpaired) electrons. The molecule has 0 spiro atoms. The van der Waals surface area contributed by atoms with Gasteiger partial charge in [0.2, 0.25) is 10.0 Å². The van der Waals surface area contributed by atoms with Crippen LogP contribution in [0.15, 0.2) is 36.4 Å². The van der Waals surface area contributed by atoms with Gasteiger partial charge in [-0.1, -0.05) is 17.7 Å². The van der Waals surface area contributed by atoms with E-state index in [1.807, 2.05) is 5.10 Å². The zero-order chi connectivity index (χ0) is 24.5. The first-order chi connectivity index (χ1) is 16.0. The number of hydrogen-bond acceptors (Lipinski definition) is 6. The number of aliphatic hydroxyl groups is 1. The molecule has 34 heavy (non-hydrogen) atoms. The lowest BCUT2D eigenvalue weighted by atomic mass is 10.1. The topological polar surface area (TPSA) is 116 Å². The molecule has 1 heterocycles. The van der Waals surface area contributed by atoms with Crippen LogP contribution in [0.5, 0.6) is 5.75 Å². The Morgan fingerprint density at radius 3 is 2.71 bits per heavy atom. The predicted molar refractivity (Wildman–Crippen MR) is 121 cm³/mol. The number of nitrogens with one attached hydrogen (secondary N) is 3. The van der Waals surface area contributed by atoms with Gasteiger partial charge in [-0.2, -0.15) is 18.3 Å². The van der Waals surface area contributed by atoms with Gasteiger partial charge in [-0.15, -0.1) is 0 Å². The molecule has 0 aliphatic heterocycles. The second-order valence-corrected chi connectivity index (χ2v) is 10.3. The number of nitrogens with zero attached hydrogens (tertiary/aromatic N) is 1. The number of benzene rings is 2. The summed E-state index contributed by atoms with van der Waals surface area (Å²) in [5.74, 6) is 0.361. The van der Waals surface area contributed by atoms with Gasteiger partial charge >= 0.3 is 6.18 Å². The number of halogens is 4. The molecular formula is C21H22ClF3N4O4S. The molecule has 13 heteroatoms.